The molecule has 0 N–H and O–H groups in total. The third-order valence-corrected chi connectivity index (χ3v) is 6.40. The third kappa shape index (κ3) is 3.18. The van der Waals surface area contributed by atoms with Crippen LogP contribution in [0, 0.1) is 5.92 Å². The molecule has 0 aromatic heterocycles. The fourth-order valence-corrected chi connectivity index (χ4v) is 5.07. The van der Waals surface area contributed by atoms with Gasteiger partial charge in [0.15, 0.2) is 0 Å². The summed E-state index contributed by atoms with van der Waals surface area (Å²) in [5.41, 5.74) is 5.05. The van der Waals surface area contributed by atoms with Crippen molar-refractivity contribution >= 4 is 11.6 Å². The number of rotatable bonds is 3. The van der Waals surface area contributed by atoms with Gasteiger partial charge in [0.1, 0.15) is 0 Å². The van der Waals surface area contributed by atoms with Gasteiger partial charge in [0.25, 0.3) is 0 Å². The molecule has 0 bridgehead atoms. The molecule has 1 unspecified atom stereocenters. The zero-order valence-electron chi connectivity index (χ0n) is 16.0. The lowest BCUT2D eigenvalue weighted by atomic mass is 9.72. The maximum atomic E-state index is 12.3. The minimum Gasteiger partial charge on any atom is -0.311 e. The quantitative estimate of drug-likeness (QED) is 0.672. The number of anilines is 1. The number of benzene rings is 2. The first-order valence-electron chi connectivity index (χ1n) is 10.0. The molecule has 4 rings (SSSR count). The Hall–Kier alpha value is -2.09. The van der Waals surface area contributed by atoms with Crippen molar-refractivity contribution in [3.05, 3.63) is 54.1 Å². The molecule has 1 saturated carbocycles. The highest BCUT2D eigenvalue weighted by molar-refractivity contribution is 5.95. The fraction of sp³-hybridized carbons (Fsp3) is 0.458. The number of hydrogen-bond donors (Lipinski definition) is 0. The van der Waals surface area contributed by atoms with E-state index >= 15 is 0 Å². The molecular weight excluding hydrogens is 318 g/mol. The molecule has 2 nitrogen and oxygen atoms in total. The summed E-state index contributed by atoms with van der Waals surface area (Å²) in [6.07, 6.45) is 8.03. The van der Waals surface area contributed by atoms with Gasteiger partial charge in [-0.25, -0.2) is 0 Å². The van der Waals surface area contributed by atoms with E-state index in [4.69, 9.17) is 0 Å². The van der Waals surface area contributed by atoms with Crippen LogP contribution in [0.5, 0.6) is 0 Å². The lowest BCUT2D eigenvalue weighted by Crippen LogP contribution is -2.35. The number of nitrogens with zero attached hydrogens (tertiary/aromatic N) is 1. The summed E-state index contributed by atoms with van der Waals surface area (Å²) < 4.78 is 0. The van der Waals surface area contributed by atoms with Crippen LogP contribution < -0.4 is 4.90 Å². The van der Waals surface area contributed by atoms with Crippen LogP contribution in [0.25, 0.3) is 11.1 Å². The summed E-state index contributed by atoms with van der Waals surface area (Å²) >= 11 is 0. The van der Waals surface area contributed by atoms with Crippen molar-refractivity contribution in [2.45, 2.75) is 57.8 Å². The number of carbonyl (C=O) groups is 1. The molecule has 26 heavy (non-hydrogen) atoms. The lowest BCUT2D eigenvalue weighted by Gasteiger charge is -2.32. The standard InChI is InChI=1S/C24H29NO/c1-18(26)25-17-24(2,16-19-9-5-3-6-10-19)22-15-21(13-14-23(22)25)20-11-7-4-8-12-20/h4,7-8,11-15,19H,3,5-6,9-10,16-17H2,1-2H3. The van der Waals surface area contributed by atoms with E-state index in [1.807, 2.05) is 4.90 Å². The molecule has 1 fully saturated rings. The highest BCUT2D eigenvalue weighted by Gasteiger charge is 2.42. The van der Waals surface area contributed by atoms with Gasteiger partial charge in [-0.2, -0.15) is 0 Å². The van der Waals surface area contributed by atoms with Gasteiger partial charge < -0.3 is 4.90 Å². The summed E-state index contributed by atoms with van der Waals surface area (Å²) in [7, 11) is 0. The smallest absolute Gasteiger partial charge is 0.223 e. The average molecular weight is 348 g/mol. The molecule has 1 aliphatic carbocycles. The molecule has 1 atom stereocenters. The predicted octanol–water partition coefficient (Wildman–Crippen LogP) is 5.95. The molecule has 2 aromatic carbocycles. The fourth-order valence-electron chi connectivity index (χ4n) is 5.07. The van der Waals surface area contributed by atoms with Gasteiger partial charge in [0, 0.05) is 24.6 Å². The molecule has 136 valence electrons. The van der Waals surface area contributed by atoms with E-state index in [9.17, 15) is 4.79 Å². The maximum absolute atomic E-state index is 12.3. The van der Waals surface area contributed by atoms with Crippen LogP contribution in [0.1, 0.15) is 57.9 Å². The predicted molar refractivity (Wildman–Crippen MR) is 108 cm³/mol. The number of fused-ring (bicyclic) bond motifs is 1. The Kier molecular flexibility index (Phi) is 4.60. The molecule has 0 saturated heterocycles. The normalized spacial score (nSPS) is 23.1. The average Bonchev–Trinajstić information content (AvgIpc) is 2.96. The molecule has 2 aliphatic rings. The number of hydrogen-bond acceptors (Lipinski definition) is 1. The Balaban J connectivity index is 1.72. The van der Waals surface area contributed by atoms with Crippen LogP contribution in [0.4, 0.5) is 5.69 Å². The van der Waals surface area contributed by atoms with E-state index in [-0.39, 0.29) is 11.3 Å². The zero-order valence-corrected chi connectivity index (χ0v) is 16.0. The summed E-state index contributed by atoms with van der Waals surface area (Å²) in [5.74, 6) is 0.958. The molecule has 1 aliphatic heterocycles. The van der Waals surface area contributed by atoms with E-state index in [0.29, 0.717) is 0 Å². The first kappa shape index (κ1) is 17.3. The SMILES string of the molecule is CC(=O)N1CC(C)(CC2CCCCC2)c2cc(-c3ccccc3)ccc21. The molecule has 1 heterocycles. The second kappa shape index (κ2) is 6.90. The van der Waals surface area contributed by atoms with Crippen molar-refractivity contribution in [2.24, 2.45) is 5.92 Å². The van der Waals surface area contributed by atoms with E-state index in [0.717, 1.165) is 18.2 Å². The van der Waals surface area contributed by atoms with Crippen molar-refractivity contribution in [2.75, 3.05) is 11.4 Å². The van der Waals surface area contributed by atoms with Crippen molar-refractivity contribution in [1.82, 2.24) is 0 Å². The van der Waals surface area contributed by atoms with E-state index in [2.05, 4.69) is 55.5 Å². The Bertz CT molecular complexity index is 791. The summed E-state index contributed by atoms with van der Waals surface area (Å²) in [6.45, 7) is 4.89. The van der Waals surface area contributed by atoms with Crippen molar-refractivity contribution in [3.63, 3.8) is 0 Å². The van der Waals surface area contributed by atoms with Crippen LogP contribution in [0.3, 0.4) is 0 Å². The second-order valence-corrected chi connectivity index (χ2v) is 8.47. The van der Waals surface area contributed by atoms with E-state index < -0.39 is 0 Å². The highest BCUT2D eigenvalue weighted by Crippen LogP contribution is 2.47. The zero-order chi connectivity index (χ0) is 18.1. The van der Waals surface area contributed by atoms with E-state index in [1.54, 1.807) is 6.92 Å². The van der Waals surface area contributed by atoms with Gasteiger partial charge in [-0.05, 0) is 41.2 Å². The molecule has 2 aromatic rings. The lowest BCUT2D eigenvalue weighted by molar-refractivity contribution is -0.116. The van der Waals surface area contributed by atoms with Crippen molar-refractivity contribution < 1.29 is 4.79 Å². The van der Waals surface area contributed by atoms with Crippen molar-refractivity contribution in [3.8, 4) is 11.1 Å². The first-order chi connectivity index (χ1) is 12.6. The van der Waals surface area contributed by atoms with Gasteiger partial charge in [0.2, 0.25) is 5.91 Å². The highest BCUT2D eigenvalue weighted by atomic mass is 16.2. The van der Waals surface area contributed by atoms with Crippen LogP contribution in [0.15, 0.2) is 48.5 Å². The number of amides is 1. The van der Waals surface area contributed by atoms with Gasteiger partial charge in [-0.15, -0.1) is 0 Å². The minimum atomic E-state index is 0.0633. The Morgan fingerprint density at radius 3 is 2.46 bits per heavy atom. The van der Waals surface area contributed by atoms with Gasteiger partial charge in [0.05, 0.1) is 0 Å². The third-order valence-electron chi connectivity index (χ3n) is 6.40. The van der Waals surface area contributed by atoms with Crippen LogP contribution >= 0.6 is 0 Å². The first-order valence-corrected chi connectivity index (χ1v) is 10.0. The Morgan fingerprint density at radius 2 is 1.77 bits per heavy atom. The van der Waals surface area contributed by atoms with Crippen LogP contribution in [-0.2, 0) is 10.2 Å². The largest absolute Gasteiger partial charge is 0.311 e. The van der Waals surface area contributed by atoms with Gasteiger partial charge in [-0.1, -0.05) is 75.4 Å². The van der Waals surface area contributed by atoms with Crippen LogP contribution in [0.2, 0.25) is 0 Å². The molecular formula is C24H29NO. The van der Waals surface area contributed by atoms with Gasteiger partial charge >= 0.3 is 0 Å². The molecule has 2 heteroatoms. The van der Waals surface area contributed by atoms with Crippen molar-refractivity contribution in [1.29, 1.82) is 0 Å². The molecule has 0 spiro atoms. The number of carbonyl (C=O) groups excluding carboxylic acids is 1. The Morgan fingerprint density at radius 1 is 1.04 bits per heavy atom. The van der Waals surface area contributed by atoms with Crippen LogP contribution in [-0.4, -0.2) is 12.5 Å². The Labute approximate surface area is 157 Å². The monoisotopic (exact) mass is 347 g/mol. The van der Waals surface area contributed by atoms with E-state index in [1.165, 1.54) is 55.2 Å². The minimum absolute atomic E-state index is 0.0633. The maximum Gasteiger partial charge on any atom is 0.223 e. The summed E-state index contributed by atoms with van der Waals surface area (Å²) in [5, 5.41) is 0. The molecule has 1 amide bonds. The summed E-state index contributed by atoms with van der Waals surface area (Å²) in [4.78, 5) is 14.3. The topological polar surface area (TPSA) is 20.3 Å². The second-order valence-electron chi connectivity index (χ2n) is 8.47. The summed E-state index contributed by atoms with van der Waals surface area (Å²) in [6, 6.07) is 17.2. The van der Waals surface area contributed by atoms with Gasteiger partial charge in [-0.3, -0.25) is 4.79 Å². The molecule has 0 radical (unpaired) electrons.